The van der Waals surface area contributed by atoms with Crippen molar-refractivity contribution in [2.75, 3.05) is 24.5 Å². The summed E-state index contributed by atoms with van der Waals surface area (Å²) in [6.07, 6.45) is 32.3. The standard InChI is InChI=1S/C26H29N.C24H33N.C21H25N.C19H29N.C18H21N/c1-16-7-3-5-9-21(16)27-17(2)26(20-8-4-6-10-22(20)27)23-12-18-11-19-13-24(26)25(23,14-18)15-19;1-15-7-5-6-8-19(15)25-16(2)24(14-22(25,3)4)20-10-17-9-18-11-21(24)23(20,12-17)13-18;1-16-10-4-6-12-19(16)22-17(2)21(14-8-3-9-15-21)18-11-5-7-13-20(18)22;1-15-10-6-7-11-17(15)20-16(2)19(14-18(20,3)4)12-8-5-9-13-19;1-13-9-5-7-11-16(13)19-14(2)18(3,4)15-10-6-8-12-17(15)19/h3-10,17-19,23-24H,11-15H2,1-2H3;5-8,16-18,20-21H,9-14H2,1-4H3;4-7,10-13,17H,3,8-9,14-15H2,1-2H3;6-7,10-11,16H,5,8-9,12-14H2,1-4H3;5-12,14H,1-4H3. The van der Waals surface area contributed by atoms with Gasteiger partial charge in [-0.05, 0) is 362 Å². The topological polar surface area (TPSA) is 16.2 Å². The van der Waals surface area contributed by atoms with E-state index >= 15 is 0 Å². The van der Waals surface area contributed by atoms with Gasteiger partial charge in [0.2, 0.25) is 0 Å². The van der Waals surface area contributed by atoms with Crippen LogP contribution < -0.4 is 24.5 Å². The third kappa shape index (κ3) is 11.0. The van der Waals surface area contributed by atoms with E-state index in [4.69, 9.17) is 0 Å². The van der Waals surface area contributed by atoms with Crippen LogP contribution in [0, 0.1) is 104 Å². The number of anilines is 8. The van der Waals surface area contributed by atoms with Crippen molar-refractivity contribution in [2.45, 2.75) is 310 Å². The normalized spacial score (nSPS) is 35.0. The summed E-state index contributed by atoms with van der Waals surface area (Å²) in [7, 11) is 0. The van der Waals surface area contributed by atoms with Crippen molar-refractivity contribution in [2.24, 2.45) is 69.0 Å². The Bertz CT molecular complexity index is 4830. The van der Waals surface area contributed by atoms with Crippen LogP contribution >= 0.6 is 0 Å². The van der Waals surface area contributed by atoms with Gasteiger partial charge in [0.25, 0.3) is 0 Å². The van der Waals surface area contributed by atoms with Gasteiger partial charge in [0.1, 0.15) is 0 Å². The van der Waals surface area contributed by atoms with Crippen molar-refractivity contribution < 1.29 is 0 Å². The van der Waals surface area contributed by atoms with Gasteiger partial charge < -0.3 is 24.5 Å². The fraction of sp³-hybridized carbons (Fsp3) is 0.556. The summed E-state index contributed by atoms with van der Waals surface area (Å²) in [5.41, 5.74) is 27.3. The summed E-state index contributed by atoms with van der Waals surface area (Å²) in [5, 5.41) is 0. The third-order valence-corrected chi connectivity index (χ3v) is 36.1. The van der Waals surface area contributed by atoms with E-state index in [1.807, 2.05) is 0 Å². The van der Waals surface area contributed by atoms with E-state index in [2.05, 4.69) is 329 Å². The first kappa shape index (κ1) is 75.8. The van der Waals surface area contributed by atoms with Crippen molar-refractivity contribution in [3.05, 3.63) is 239 Å². The van der Waals surface area contributed by atoms with Gasteiger partial charge in [-0.3, -0.25) is 0 Å². The van der Waals surface area contributed by atoms with Crippen LogP contribution in [0.1, 0.15) is 262 Å². The van der Waals surface area contributed by atoms with Gasteiger partial charge in [-0.15, -0.1) is 0 Å². The largest absolute Gasteiger partial charge is 0.363 e. The quantitative estimate of drug-likeness (QED) is 0.170. The summed E-state index contributed by atoms with van der Waals surface area (Å²) in [6.45, 7) is 38.3. The van der Waals surface area contributed by atoms with Gasteiger partial charge in [0.05, 0.1) is 0 Å². The zero-order valence-electron chi connectivity index (χ0n) is 72.3. The summed E-state index contributed by atoms with van der Waals surface area (Å²) < 4.78 is 0. The molecule has 0 aromatic heterocycles. The molecule has 0 N–H and O–H groups in total. The van der Waals surface area contributed by atoms with Crippen LogP contribution in [0.2, 0.25) is 0 Å². The van der Waals surface area contributed by atoms with Crippen molar-refractivity contribution in [3.63, 3.8) is 0 Å². The van der Waals surface area contributed by atoms with Crippen LogP contribution in [0.25, 0.3) is 0 Å². The lowest BCUT2D eigenvalue weighted by atomic mass is 9.38. The molecule has 594 valence electrons. The Morgan fingerprint density at radius 1 is 0.283 bits per heavy atom. The molecule has 113 heavy (non-hydrogen) atoms. The Labute approximate surface area is 682 Å². The molecule has 12 fully saturated rings. The lowest BCUT2D eigenvalue weighted by molar-refractivity contribution is -0.169. The van der Waals surface area contributed by atoms with Crippen LogP contribution in [-0.4, -0.2) is 41.3 Å². The van der Waals surface area contributed by atoms with Gasteiger partial charge in [0.15, 0.2) is 0 Å². The predicted molar refractivity (Wildman–Crippen MR) is 478 cm³/mol. The summed E-state index contributed by atoms with van der Waals surface area (Å²) >= 11 is 0. The van der Waals surface area contributed by atoms with Crippen molar-refractivity contribution in [1.29, 1.82) is 0 Å². The smallest absolute Gasteiger partial charge is 0.0452 e. The van der Waals surface area contributed by atoms with Gasteiger partial charge >= 0.3 is 0 Å². The zero-order chi connectivity index (χ0) is 78.3. The second-order valence-corrected chi connectivity index (χ2v) is 42.5. The minimum Gasteiger partial charge on any atom is -0.363 e. The maximum absolute atomic E-state index is 2.84. The molecule has 5 nitrogen and oxygen atoms in total. The van der Waals surface area contributed by atoms with Gasteiger partial charge in [-0.25, -0.2) is 0 Å². The highest BCUT2D eigenvalue weighted by Gasteiger charge is 2.83. The highest BCUT2D eigenvalue weighted by atomic mass is 15.3. The zero-order valence-corrected chi connectivity index (χ0v) is 72.3. The Morgan fingerprint density at radius 3 is 1.06 bits per heavy atom. The number of benzene rings is 8. The molecule has 23 rings (SSSR count). The lowest BCUT2D eigenvalue weighted by Crippen LogP contribution is -2.67. The number of aryl methyl sites for hydroxylation is 5. The molecule has 8 aromatic rings. The molecule has 8 aromatic carbocycles. The maximum atomic E-state index is 2.84. The summed E-state index contributed by atoms with van der Waals surface area (Å²) in [4.78, 5) is 13.4. The Balaban J connectivity index is 0.0000000956. The van der Waals surface area contributed by atoms with E-state index in [0.717, 1.165) is 58.2 Å². The van der Waals surface area contributed by atoms with E-state index < -0.39 is 0 Å². The van der Waals surface area contributed by atoms with E-state index in [9.17, 15) is 0 Å². The van der Waals surface area contributed by atoms with E-state index in [1.165, 1.54) is 169 Å². The Morgan fingerprint density at radius 2 is 0.611 bits per heavy atom. The second-order valence-electron chi connectivity index (χ2n) is 42.5. The minimum atomic E-state index is 0.179. The molecule has 13 atom stereocenters. The van der Waals surface area contributed by atoms with E-state index in [1.54, 1.807) is 62.5 Å². The summed E-state index contributed by atoms with van der Waals surface area (Å²) in [5.74, 6) is 8.15. The number of hydrogen-bond acceptors (Lipinski definition) is 5. The predicted octanol–water partition coefficient (Wildman–Crippen LogP) is 27.9. The molecule has 10 aliphatic carbocycles. The van der Waals surface area contributed by atoms with E-state index in [0.29, 0.717) is 51.9 Å². The van der Waals surface area contributed by atoms with Crippen molar-refractivity contribution in [1.82, 2.24) is 0 Å². The Kier molecular flexibility index (Phi) is 18.4. The first-order chi connectivity index (χ1) is 54.3. The molecular weight excluding hydrogens is 1370 g/mol. The van der Waals surface area contributed by atoms with Crippen LogP contribution in [0.15, 0.2) is 194 Å². The molecule has 5 heteroatoms. The lowest BCUT2D eigenvalue weighted by Gasteiger charge is -2.66. The molecule has 15 aliphatic rings. The molecule has 6 spiro atoms. The number of para-hydroxylation sites is 8. The third-order valence-electron chi connectivity index (χ3n) is 36.1. The fourth-order valence-electron chi connectivity index (χ4n) is 32.2. The fourth-order valence-corrected chi connectivity index (χ4v) is 32.2. The Hall–Kier alpha value is -7.24. The second kappa shape index (κ2) is 27.4. The molecule has 0 amide bonds. The van der Waals surface area contributed by atoms with Crippen LogP contribution in [0.3, 0.4) is 0 Å². The van der Waals surface area contributed by atoms with Crippen LogP contribution in [0.4, 0.5) is 45.5 Å². The monoisotopic (exact) mass is 1500 g/mol. The molecular formula is C108H137N5. The number of fused-ring (bicyclic) bond motifs is 13. The molecule has 0 radical (unpaired) electrons. The molecule has 6 bridgehead atoms. The molecule has 5 aliphatic heterocycles. The van der Waals surface area contributed by atoms with Crippen molar-refractivity contribution in [3.8, 4) is 0 Å². The molecule has 5 heterocycles. The number of nitrogens with zero attached hydrogens (tertiary/aromatic N) is 5. The van der Waals surface area contributed by atoms with Gasteiger partial charge in [-0.1, -0.05) is 198 Å². The minimum absolute atomic E-state index is 0.179. The van der Waals surface area contributed by atoms with Gasteiger partial charge in [0, 0.05) is 103 Å². The van der Waals surface area contributed by atoms with Gasteiger partial charge in [-0.2, -0.15) is 0 Å². The molecule has 13 unspecified atom stereocenters. The molecule has 2 saturated heterocycles. The summed E-state index contributed by atoms with van der Waals surface area (Å²) in [6, 6.07) is 74.8. The highest BCUT2D eigenvalue weighted by molar-refractivity contribution is 5.80. The maximum Gasteiger partial charge on any atom is 0.0452 e. The van der Waals surface area contributed by atoms with E-state index in [-0.39, 0.29) is 16.5 Å². The van der Waals surface area contributed by atoms with Crippen LogP contribution in [-0.2, 0) is 16.2 Å². The van der Waals surface area contributed by atoms with Crippen LogP contribution in [0.5, 0.6) is 0 Å². The SMILES string of the molecule is Cc1ccccc1N1C(C)C2(CC1(C)C)C1CC3CC4CC2C1(C3)C4.Cc1ccccc1N1C(C)C2(CCCCC2)CC1(C)C.Cc1ccccc1N1c2ccccc2C(C)(C)C1C.Cc1ccccc1N1c2ccccc2C2(C1C)C1CC3CC4CC2C1(C3)C4.Cc1ccccc1N1c2ccccc2C2(CCCCC2)C1C. The average molecular weight is 1510 g/mol. The first-order valence-corrected chi connectivity index (χ1v) is 45.8. The highest BCUT2D eigenvalue weighted by Crippen LogP contribution is 2.87. The number of hydrogen-bond donors (Lipinski definition) is 0. The number of rotatable bonds is 5. The average Bonchev–Trinajstić information content (AvgIpc) is 1.47. The van der Waals surface area contributed by atoms with Crippen molar-refractivity contribution >= 4 is 45.5 Å². The first-order valence-electron chi connectivity index (χ1n) is 45.8. The molecule has 10 saturated carbocycles.